The maximum absolute atomic E-state index is 8.81. The van der Waals surface area contributed by atoms with Gasteiger partial charge in [-0.1, -0.05) is 45.4 Å². The van der Waals surface area contributed by atoms with Crippen molar-refractivity contribution in [2.75, 3.05) is 6.61 Å². The predicted octanol–water partition coefficient (Wildman–Crippen LogP) is 3.37. The average molecular weight is 184 g/mol. The Hall–Kier alpha value is -0.0400. The first-order chi connectivity index (χ1) is 6.38. The van der Waals surface area contributed by atoms with E-state index >= 15 is 0 Å². The molecule has 0 bridgehead atoms. The minimum absolute atomic E-state index is 0.384. The quantitative estimate of drug-likeness (QED) is 0.694. The van der Waals surface area contributed by atoms with Crippen LogP contribution in [0.4, 0.5) is 0 Å². The summed E-state index contributed by atoms with van der Waals surface area (Å²) in [6.45, 7) is 2.67. The fraction of sp³-hybridized carbons (Fsp3) is 1.00. The number of aliphatic hydroxyl groups excluding tert-OH is 1. The lowest BCUT2D eigenvalue weighted by atomic mass is 9.75. The first kappa shape index (κ1) is 11.0. The molecule has 0 amide bonds. The van der Waals surface area contributed by atoms with Gasteiger partial charge in [0.05, 0.1) is 0 Å². The molecule has 0 saturated heterocycles. The zero-order chi connectivity index (χ0) is 9.52. The van der Waals surface area contributed by atoms with Crippen LogP contribution in [-0.4, -0.2) is 11.7 Å². The molecule has 1 saturated carbocycles. The van der Waals surface area contributed by atoms with Crippen molar-refractivity contribution in [2.45, 2.75) is 58.3 Å². The highest BCUT2D eigenvalue weighted by Gasteiger charge is 2.23. The normalized spacial score (nSPS) is 29.1. The summed E-state index contributed by atoms with van der Waals surface area (Å²) in [6, 6.07) is 0. The molecule has 1 fully saturated rings. The molecule has 0 aromatic heterocycles. The zero-order valence-electron chi connectivity index (χ0n) is 8.97. The maximum Gasteiger partial charge on any atom is 0.0431 e. The van der Waals surface area contributed by atoms with Crippen molar-refractivity contribution < 1.29 is 5.11 Å². The summed E-state index contributed by atoms with van der Waals surface area (Å²) in [5.74, 6) is 1.91. The van der Waals surface area contributed by atoms with Crippen molar-refractivity contribution in [3.63, 3.8) is 0 Å². The van der Waals surface area contributed by atoms with Crippen molar-refractivity contribution in [1.29, 1.82) is 0 Å². The van der Waals surface area contributed by atoms with Gasteiger partial charge in [0, 0.05) is 6.61 Å². The van der Waals surface area contributed by atoms with Crippen LogP contribution in [0.25, 0.3) is 0 Å². The van der Waals surface area contributed by atoms with E-state index < -0.39 is 0 Å². The van der Waals surface area contributed by atoms with Crippen LogP contribution < -0.4 is 0 Å². The van der Waals surface area contributed by atoms with Crippen molar-refractivity contribution in [1.82, 2.24) is 0 Å². The molecule has 2 atom stereocenters. The third-order valence-electron chi connectivity index (χ3n) is 3.46. The molecule has 0 aromatic carbocycles. The van der Waals surface area contributed by atoms with E-state index in [9.17, 15) is 0 Å². The molecule has 1 N–H and O–H groups in total. The minimum Gasteiger partial charge on any atom is -0.396 e. The van der Waals surface area contributed by atoms with E-state index in [1.165, 1.54) is 44.9 Å². The van der Waals surface area contributed by atoms with E-state index in [0.29, 0.717) is 6.61 Å². The van der Waals surface area contributed by atoms with E-state index in [4.69, 9.17) is 5.11 Å². The Morgan fingerprint density at radius 3 is 2.23 bits per heavy atom. The highest BCUT2D eigenvalue weighted by Crippen LogP contribution is 2.35. The first-order valence-corrected chi connectivity index (χ1v) is 5.99. The summed E-state index contributed by atoms with van der Waals surface area (Å²) in [6.07, 6.45) is 10.8. The van der Waals surface area contributed by atoms with Crippen molar-refractivity contribution in [3.8, 4) is 0 Å². The third kappa shape index (κ3) is 3.68. The van der Waals surface area contributed by atoms with Crippen molar-refractivity contribution in [3.05, 3.63) is 0 Å². The Labute approximate surface area is 82.5 Å². The zero-order valence-corrected chi connectivity index (χ0v) is 8.97. The minimum atomic E-state index is 0.384. The van der Waals surface area contributed by atoms with E-state index in [-0.39, 0.29) is 0 Å². The molecule has 2 unspecified atom stereocenters. The smallest absolute Gasteiger partial charge is 0.0431 e. The van der Waals surface area contributed by atoms with Gasteiger partial charge in [0.2, 0.25) is 0 Å². The number of rotatable bonds is 5. The van der Waals surface area contributed by atoms with Gasteiger partial charge in [-0.05, 0) is 24.7 Å². The summed E-state index contributed by atoms with van der Waals surface area (Å²) >= 11 is 0. The predicted molar refractivity (Wildman–Crippen MR) is 56.7 cm³/mol. The van der Waals surface area contributed by atoms with Gasteiger partial charge >= 0.3 is 0 Å². The lowest BCUT2D eigenvalue weighted by molar-refractivity contribution is 0.188. The van der Waals surface area contributed by atoms with Crippen LogP contribution in [0.1, 0.15) is 58.3 Å². The van der Waals surface area contributed by atoms with Gasteiger partial charge in [-0.15, -0.1) is 0 Å². The fourth-order valence-electron chi connectivity index (χ4n) is 2.77. The van der Waals surface area contributed by atoms with Crippen LogP contribution >= 0.6 is 0 Å². The molecule has 1 aliphatic rings. The second-order valence-electron chi connectivity index (χ2n) is 4.46. The molecule has 13 heavy (non-hydrogen) atoms. The van der Waals surface area contributed by atoms with Crippen molar-refractivity contribution >= 4 is 0 Å². The summed E-state index contributed by atoms with van der Waals surface area (Å²) in [5.41, 5.74) is 0. The molecule has 1 nitrogen and oxygen atoms in total. The van der Waals surface area contributed by atoms with Gasteiger partial charge in [-0.3, -0.25) is 0 Å². The van der Waals surface area contributed by atoms with Crippen LogP contribution in [0.3, 0.4) is 0 Å². The van der Waals surface area contributed by atoms with Gasteiger partial charge in [0.1, 0.15) is 0 Å². The number of hydrogen-bond donors (Lipinski definition) is 1. The van der Waals surface area contributed by atoms with Crippen LogP contribution in [0, 0.1) is 11.8 Å². The van der Waals surface area contributed by atoms with E-state index in [0.717, 1.165) is 18.3 Å². The van der Waals surface area contributed by atoms with Crippen LogP contribution in [0.15, 0.2) is 0 Å². The molecule has 0 aliphatic heterocycles. The summed E-state index contributed by atoms with van der Waals surface area (Å²) < 4.78 is 0. The summed E-state index contributed by atoms with van der Waals surface area (Å²) in [7, 11) is 0. The standard InChI is InChI=1S/C12H24O/c1-2-6-11-7-3-4-8-12(11)9-5-10-13/h11-13H,2-10H2,1H3. The average Bonchev–Trinajstić information content (AvgIpc) is 2.17. The molecular formula is C12H24O. The monoisotopic (exact) mass is 184 g/mol. The Kier molecular flexibility index (Phi) is 5.45. The molecule has 1 heteroatoms. The van der Waals surface area contributed by atoms with Crippen LogP contribution in [0.2, 0.25) is 0 Å². The van der Waals surface area contributed by atoms with Crippen molar-refractivity contribution in [2.24, 2.45) is 11.8 Å². The summed E-state index contributed by atoms with van der Waals surface area (Å²) in [4.78, 5) is 0. The molecule has 1 rings (SSSR count). The second-order valence-corrected chi connectivity index (χ2v) is 4.46. The van der Waals surface area contributed by atoms with E-state index in [1.807, 2.05) is 0 Å². The van der Waals surface area contributed by atoms with Gasteiger partial charge in [0.25, 0.3) is 0 Å². The Bertz CT molecular complexity index is 120. The molecule has 0 radical (unpaired) electrons. The van der Waals surface area contributed by atoms with Gasteiger partial charge < -0.3 is 5.11 Å². The number of hydrogen-bond acceptors (Lipinski definition) is 1. The SMILES string of the molecule is CCCC1CCCCC1CCCO. The van der Waals surface area contributed by atoms with Gasteiger partial charge in [-0.25, -0.2) is 0 Å². The largest absolute Gasteiger partial charge is 0.396 e. The van der Waals surface area contributed by atoms with Crippen LogP contribution in [-0.2, 0) is 0 Å². The fourth-order valence-corrected chi connectivity index (χ4v) is 2.77. The highest BCUT2D eigenvalue weighted by molar-refractivity contribution is 4.75. The lowest BCUT2D eigenvalue weighted by Crippen LogP contribution is -2.19. The molecular weight excluding hydrogens is 160 g/mol. The highest BCUT2D eigenvalue weighted by atomic mass is 16.2. The summed E-state index contributed by atoms with van der Waals surface area (Å²) in [5, 5.41) is 8.81. The third-order valence-corrected chi connectivity index (χ3v) is 3.46. The molecule has 0 heterocycles. The second kappa shape index (κ2) is 6.42. The molecule has 78 valence electrons. The Balaban J connectivity index is 2.28. The molecule has 0 aromatic rings. The first-order valence-electron chi connectivity index (χ1n) is 5.99. The Morgan fingerprint density at radius 2 is 1.69 bits per heavy atom. The van der Waals surface area contributed by atoms with E-state index in [2.05, 4.69) is 6.92 Å². The maximum atomic E-state index is 8.81. The lowest BCUT2D eigenvalue weighted by Gasteiger charge is -2.31. The number of aliphatic hydroxyl groups is 1. The topological polar surface area (TPSA) is 20.2 Å². The molecule has 1 aliphatic carbocycles. The molecule has 0 spiro atoms. The Morgan fingerprint density at radius 1 is 1.08 bits per heavy atom. The van der Waals surface area contributed by atoms with Gasteiger partial charge in [-0.2, -0.15) is 0 Å². The van der Waals surface area contributed by atoms with E-state index in [1.54, 1.807) is 0 Å². The van der Waals surface area contributed by atoms with Gasteiger partial charge in [0.15, 0.2) is 0 Å². The van der Waals surface area contributed by atoms with Crippen LogP contribution in [0.5, 0.6) is 0 Å².